The highest BCUT2D eigenvalue weighted by Crippen LogP contribution is 2.57. The van der Waals surface area contributed by atoms with Crippen molar-refractivity contribution in [3.05, 3.63) is 75.3 Å². The highest BCUT2D eigenvalue weighted by molar-refractivity contribution is 6.07. The van der Waals surface area contributed by atoms with Gasteiger partial charge in [-0.25, -0.2) is 4.79 Å². The molecular weight excluding hydrogens is 364 g/mol. The van der Waals surface area contributed by atoms with E-state index in [2.05, 4.69) is 0 Å². The van der Waals surface area contributed by atoms with Gasteiger partial charge in [0.05, 0.1) is 11.5 Å². The number of carbonyl (C=O) groups excluding carboxylic acids is 2. The van der Waals surface area contributed by atoms with Gasteiger partial charge in [0.1, 0.15) is 6.23 Å². The normalized spacial score (nSPS) is 25.4. The zero-order valence-corrected chi connectivity index (χ0v) is 15.1. The third-order valence-electron chi connectivity index (χ3n) is 5.51. The molecule has 0 aliphatic carbocycles. The van der Waals surface area contributed by atoms with Crippen molar-refractivity contribution in [1.82, 2.24) is 4.90 Å². The number of aliphatic hydroxyl groups excluding tert-OH is 1. The van der Waals surface area contributed by atoms with E-state index in [0.29, 0.717) is 5.56 Å². The Hall–Kier alpha value is -3.26. The summed E-state index contributed by atoms with van der Waals surface area (Å²) in [6.45, 7) is 1.72. The molecule has 1 amide bonds. The molecule has 0 spiro atoms. The molecule has 28 heavy (non-hydrogen) atoms. The molecule has 0 bridgehead atoms. The molecule has 2 heterocycles. The number of ether oxygens (including phenoxy) is 1. The summed E-state index contributed by atoms with van der Waals surface area (Å²) in [4.78, 5) is 38.5. The molecule has 8 heteroatoms. The largest absolute Gasteiger partial charge is 0.464 e. The van der Waals surface area contributed by atoms with Gasteiger partial charge in [0.25, 0.3) is 11.6 Å². The minimum absolute atomic E-state index is 0.0102. The summed E-state index contributed by atoms with van der Waals surface area (Å²) in [7, 11) is 0. The molecule has 1 fully saturated rings. The number of amides is 1. The van der Waals surface area contributed by atoms with Crippen molar-refractivity contribution in [1.29, 1.82) is 0 Å². The Morgan fingerprint density at radius 2 is 1.96 bits per heavy atom. The third-order valence-corrected chi connectivity index (χ3v) is 5.51. The van der Waals surface area contributed by atoms with Crippen molar-refractivity contribution in [2.24, 2.45) is 0 Å². The van der Waals surface area contributed by atoms with Gasteiger partial charge in [-0.3, -0.25) is 19.8 Å². The highest BCUT2D eigenvalue weighted by Gasteiger charge is 2.67. The van der Waals surface area contributed by atoms with Crippen LogP contribution in [0.15, 0.2) is 48.5 Å². The number of nitrogens with zero attached hydrogens (tertiary/aromatic N) is 2. The smallest absolute Gasteiger partial charge is 0.337 e. The first-order chi connectivity index (χ1) is 13.4. The van der Waals surface area contributed by atoms with Crippen molar-refractivity contribution in [2.45, 2.75) is 31.0 Å². The predicted molar refractivity (Wildman–Crippen MR) is 97.4 cm³/mol. The van der Waals surface area contributed by atoms with Crippen LogP contribution in [0.2, 0.25) is 0 Å². The van der Waals surface area contributed by atoms with Crippen LogP contribution in [0, 0.1) is 10.1 Å². The van der Waals surface area contributed by atoms with Gasteiger partial charge in [0.2, 0.25) is 0 Å². The summed E-state index contributed by atoms with van der Waals surface area (Å²) < 4.78 is 5.32. The van der Waals surface area contributed by atoms with Crippen LogP contribution >= 0.6 is 0 Å². The van der Waals surface area contributed by atoms with E-state index in [-0.39, 0.29) is 29.8 Å². The molecule has 0 unspecified atom stereocenters. The maximum absolute atomic E-state index is 13.3. The van der Waals surface area contributed by atoms with Crippen LogP contribution in [0.5, 0.6) is 0 Å². The average molecular weight is 382 g/mol. The first-order valence-electron chi connectivity index (χ1n) is 8.96. The lowest BCUT2D eigenvalue weighted by molar-refractivity contribution is -0.385. The lowest BCUT2D eigenvalue weighted by Gasteiger charge is -2.35. The fourth-order valence-electron chi connectivity index (χ4n) is 4.53. The van der Waals surface area contributed by atoms with E-state index < -0.39 is 34.5 Å². The Balaban J connectivity index is 2.02. The van der Waals surface area contributed by atoms with Crippen LogP contribution in [0.25, 0.3) is 0 Å². The fraction of sp³-hybridized carbons (Fsp3) is 0.300. The Kier molecular flexibility index (Phi) is 4.15. The van der Waals surface area contributed by atoms with Crippen molar-refractivity contribution in [3.8, 4) is 0 Å². The van der Waals surface area contributed by atoms with Gasteiger partial charge in [0.15, 0.2) is 5.54 Å². The number of hydrogen-bond acceptors (Lipinski definition) is 6. The minimum atomic E-state index is -1.64. The summed E-state index contributed by atoms with van der Waals surface area (Å²) in [5.74, 6) is -2.01. The van der Waals surface area contributed by atoms with E-state index in [9.17, 15) is 24.8 Å². The van der Waals surface area contributed by atoms with Gasteiger partial charge < -0.3 is 9.84 Å². The van der Waals surface area contributed by atoms with Crippen LogP contribution < -0.4 is 0 Å². The lowest BCUT2D eigenvalue weighted by Crippen LogP contribution is -2.51. The van der Waals surface area contributed by atoms with Gasteiger partial charge >= 0.3 is 5.97 Å². The van der Waals surface area contributed by atoms with Crippen LogP contribution in [0.3, 0.4) is 0 Å². The third kappa shape index (κ3) is 2.21. The molecule has 2 aromatic carbocycles. The van der Waals surface area contributed by atoms with Crippen molar-refractivity contribution in [3.63, 3.8) is 0 Å². The van der Waals surface area contributed by atoms with Gasteiger partial charge in [-0.2, -0.15) is 0 Å². The molecule has 2 aliphatic rings. The Labute approximate surface area is 160 Å². The number of nitro groups is 1. The zero-order valence-electron chi connectivity index (χ0n) is 15.1. The summed E-state index contributed by atoms with van der Waals surface area (Å²) in [6, 6.07) is 12.7. The monoisotopic (exact) mass is 382 g/mol. The summed E-state index contributed by atoms with van der Waals surface area (Å²) in [5, 5.41) is 22.3. The van der Waals surface area contributed by atoms with E-state index in [0.717, 1.165) is 4.90 Å². The summed E-state index contributed by atoms with van der Waals surface area (Å²) in [5.41, 5.74) is -0.834. The van der Waals surface area contributed by atoms with Crippen LogP contribution in [0.4, 0.5) is 5.69 Å². The Bertz CT molecular complexity index is 990. The van der Waals surface area contributed by atoms with Crippen molar-refractivity contribution in [2.75, 3.05) is 6.61 Å². The molecule has 1 N–H and O–H groups in total. The lowest BCUT2D eigenvalue weighted by atomic mass is 9.75. The van der Waals surface area contributed by atoms with Gasteiger partial charge in [-0.1, -0.05) is 36.4 Å². The molecule has 4 rings (SSSR count). The van der Waals surface area contributed by atoms with Crippen molar-refractivity contribution < 1.29 is 24.4 Å². The average Bonchev–Trinajstić information content (AvgIpc) is 3.14. The number of nitro benzene ring substituents is 1. The number of aliphatic hydroxyl groups is 1. The fourth-order valence-corrected chi connectivity index (χ4v) is 4.53. The van der Waals surface area contributed by atoms with E-state index >= 15 is 0 Å². The summed E-state index contributed by atoms with van der Waals surface area (Å²) >= 11 is 0. The second kappa shape index (κ2) is 6.42. The second-order valence-corrected chi connectivity index (χ2v) is 6.79. The van der Waals surface area contributed by atoms with Crippen LogP contribution in [-0.4, -0.2) is 39.6 Å². The number of hydrogen-bond donors (Lipinski definition) is 1. The highest BCUT2D eigenvalue weighted by atomic mass is 16.6. The molecule has 2 aliphatic heterocycles. The Morgan fingerprint density at radius 1 is 1.29 bits per heavy atom. The zero-order chi connectivity index (χ0) is 20.1. The second-order valence-electron chi connectivity index (χ2n) is 6.79. The molecule has 8 nitrogen and oxygen atoms in total. The standard InChI is InChI=1S/C20H18N2O6/c1-2-28-19(25)20-14-9-5-3-8-13(14)18(24)21(20)17(23)11-15(20)12-7-4-6-10-16(12)22(26)27/h3-10,15,17,23H,2,11H2,1H3/t15-,17-,20-/m1/s1. The van der Waals surface area contributed by atoms with Gasteiger partial charge in [0, 0.05) is 35.1 Å². The molecule has 2 aromatic rings. The first-order valence-corrected chi connectivity index (χ1v) is 8.96. The van der Waals surface area contributed by atoms with Crippen molar-refractivity contribution >= 4 is 17.6 Å². The molecule has 0 aromatic heterocycles. The number of benzene rings is 2. The van der Waals surface area contributed by atoms with E-state index in [1.165, 1.54) is 12.1 Å². The molecule has 1 saturated heterocycles. The number of rotatable bonds is 4. The first kappa shape index (κ1) is 18.1. The van der Waals surface area contributed by atoms with Crippen LogP contribution in [0.1, 0.15) is 40.7 Å². The Morgan fingerprint density at radius 3 is 2.68 bits per heavy atom. The molecule has 3 atom stereocenters. The topological polar surface area (TPSA) is 110 Å². The molecular formula is C20H18N2O6. The van der Waals surface area contributed by atoms with E-state index in [4.69, 9.17) is 4.74 Å². The van der Waals surface area contributed by atoms with Crippen LogP contribution in [-0.2, 0) is 15.1 Å². The van der Waals surface area contributed by atoms with Gasteiger partial charge in [-0.15, -0.1) is 0 Å². The van der Waals surface area contributed by atoms with Gasteiger partial charge in [-0.05, 0) is 13.0 Å². The SMILES string of the molecule is CCOC(=O)[C@]12c3ccccc3C(=O)N1[C@H](O)C[C@@H]2c1ccccc1[N+](=O)[O-]. The maximum Gasteiger partial charge on any atom is 0.337 e. The number of esters is 1. The number of carbonyl (C=O) groups is 2. The maximum atomic E-state index is 13.3. The molecule has 0 radical (unpaired) electrons. The van der Waals surface area contributed by atoms with E-state index in [1.54, 1.807) is 43.3 Å². The number of fused-ring (bicyclic) bond motifs is 3. The predicted octanol–water partition coefficient (Wildman–Crippen LogP) is 2.31. The molecule has 0 saturated carbocycles. The minimum Gasteiger partial charge on any atom is -0.464 e. The quantitative estimate of drug-likeness (QED) is 0.494. The number of para-hydroxylation sites is 1. The van der Waals surface area contributed by atoms with E-state index in [1.807, 2.05) is 0 Å². The summed E-state index contributed by atoms with van der Waals surface area (Å²) in [6.07, 6.45) is -1.28. The molecule has 144 valence electrons.